The summed E-state index contributed by atoms with van der Waals surface area (Å²) in [7, 11) is 1.23. The number of benzene rings is 1. The molecule has 0 aliphatic carbocycles. The minimum Gasteiger partial charge on any atom is -0.479 e. The van der Waals surface area contributed by atoms with Crippen LogP contribution in [0, 0.1) is 0 Å². The molecular formula is C34H51BN2O13. The molecule has 5 atom stereocenters. The first-order chi connectivity index (χ1) is 23.8. The van der Waals surface area contributed by atoms with Gasteiger partial charge in [-0.25, -0.2) is 4.79 Å². The van der Waals surface area contributed by atoms with Gasteiger partial charge in [0.1, 0.15) is 37.3 Å². The van der Waals surface area contributed by atoms with Gasteiger partial charge in [0.25, 0.3) is 5.91 Å². The van der Waals surface area contributed by atoms with Gasteiger partial charge in [-0.15, -0.1) is 0 Å². The number of carbonyl (C=O) groups excluding carboxylic acids is 2. The number of aliphatic hydroxyl groups excluding tert-OH is 3. The van der Waals surface area contributed by atoms with E-state index < -0.39 is 48.5 Å². The number of hydrogen-bond donors (Lipinski definition) is 5. The lowest BCUT2D eigenvalue weighted by Gasteiger charge is -2.38. The number of aliphatic hydroxyl groups is 3. The van der Waals surface area contributed by atoms with Crippen molar-refractivity contribution in [2.45, 2.75) is 90.7 Å². The quantitative estimate of drug-likeness (QED) is 0.0384. The number of nitrogens with one attached hydrogen (secondary N) is 1. The lowest BCUT2D eigenvalue weighted by atomic mass is 9.99. The zero-order chi connectivity index (χ0) is 37.1. The largest absolute Gasteiger partial charge is 0.479 e. The first kappa shape index (κ1) is 42.4. The summed E-state index contributed by atoms with van der Waals surface area (Å²) in [5.41, 5.74) is 4.02. The molecule has 1 heterocycles. The smallest absolute Gasteiger partial charge is 0.335 e. The molecule has 0 bridgehead atoms. The van der Waals surface area contributed by atoms with Crippen LogP contribution in [0.25, 0.3) is 0 Å². The number of rotatable bonds is 22. The second-order valence-electron chi connectivity index (χ2n) is 11.8. The van der Waals surface area contributed by atoms with E-state index in [0.29, 0.717) is 25.4 Å². The Morgan fingerprint density at radius 3 is 2.32 bits per heavy atom. The Bertz CT molecular complexity index is 1340. The summed E-state index contributed by atoms with van der Waals surface area (Å²) in [5, 5.41) is 46.5. The van der Waals surface area contributed by atoms with Crippen LogP contribution in [-0.2, 0) is 35.2 Å². The number of amides is 1. The van der Waals surface area contributed by atoms with Crippen LogP contribution in [0.15, 0.2) is 46.7 Å². The summed E-state index contributed by atoms with van der Waals surface area (Å²) in [4.78, 5) is 41.2. The molecule has 0 unspecified atom stereocenters. The maximum absolute atomic E-state index is 13.1. The minimum absolute atomic E-state index is 0.0547. The molecule has 1 aliphatic heterocycles. The summed E-state index contributed by atoms with van der Waals surface area (Å²) in [6.45, 7) is 9.55. The number of aliphatic carboxylic acids is 1. The van der Waals surface area contributed by atoms with E-state index in [1.807, 2.05) is 6.92 Å². The molecule has 1 fully saturated rings. The van der Waals surface area contributed by atoms with Crippen molar-refractivity contribution < 1.29 is 63.3 Å². The van der Waals surface area contributed by atoms with Gasteiger partial charge in [0.05, 0.1) is 37.7 Å². The van der Waals surface area contributed by atoms with Crippen LogP contribution < -0.4 is 10.1 Å². The molecule has 1 saturated heterocycles. The average molecular weight is 707 g/mol. The average Bonchev–Trinajstić information content (AvgIpc) is 3.08. The summed E-state index contributed by atoms with van der Waals surface area (Å²) >= 11 is 0. The normalized spacial score (nSPS) is 21.4. The molecule has 1 amide bonds. The molecule has 0 spiro atoms. The maximum Gasteiger partial charge on any atom is 0.335 e. The Morgan fingerprint density at radius 2 is 1.64 bits per heavy atom. The van der Waals surface area contributed by atoms with E-state index in [2.05, 4.69) is 43.4 Å². The molecular weight excluding hydrogens is 655 g/mol. The molecule has 0 radical (unpaired) electrons. The van der Waals surface area contributed by atoms with Crippen LogP contribution in [0.2, 0.25) is 0 Å². The second-order valence-corrected chi connectivity index (χ2v) is 11.8. The summed E-state index contributed by atoms with van der Waals surface area (Å²) < 4.78 is 26.8. The second kappa shape index (κ2) is 22.8. The first-order valence-electron chi connectivity index (χ1n) is 16.6. The highest BCUT2D eigenvalue weighted by Gasteiger charge is 2.48. The molecule has 2 rings (SSSR count). The van der Waals surface area contributed by atoms with Crippen molar-refractivity contribution in [3.8, 4) is 5.75 Å². The topological polar surface area (TPSA) is 212 Å². The van der Waals surface area contributed by atoms with Crippen LogP contribution in [0.5, 0.6) is 5.75 Å². The lowest BCUT2D eigenvalue weighted by Crippen LogP contribution is -2.61. The number of oxime groups is 1. The van der Waals surface area contributed by atoms with Crippen molar-refractivity contribution in [3.63, 3.8) is 0 Å². The third-order valence-electron chi connectivity index (χ3n) is 7.64. The summed E-state index contributed by atoms with van der Waals surface area (Å²) in [5.74, 6) is -2.86. The SMILES string of the molecule is BC(=O)OCc1ccc(O[C@@H]2O[C@H](C(=O)O)[C@@H](O)[C@H](O)[C@H]2O)c(C(=O)NCCOCCOCCO/N=C(\C)CC/C(C)=C/CC/C(C)=C/C)c1. The molecule has 0 saturated carbocycles. The zero-order valence-corrected chi connectivity index (χ0v) is 29.5. The highest BCUT2D eigenvalue weighted by atomic mass is 16.7. The van der Waals surface area contributed by atoms with Gasteiger partial charge in [-0.2, -0.15) is 0 Å². The predicted octanol–water partition coefficient (Wildman–Crippen LogP) is 1.86. The highest BCUT2D eigenvalue weighted by molar-refractivity contribution is 6.55. The highest BCUT2D eigenvalue weighted by Crippen LogP contribution is 2.28. The molecule has 16 heteroatoms. The number of carboxylic acids is 1. The van der Waals surface area contributed by atoms with Crippen molar-refractivity contribution in [1.29, 1.82) is 0 Å². The van der Waals surface area contributed by atoms with Crippen LogP contribution >= 0.6 is 0 Å². The number of carboxylic acid groups (broad SMARTS) is 1. The van der Waals surface area contributed by atoms with E-state index in [1.165, 1.54) is 37.2 Å². The number of carbonyl (C=O) groups is 3. The minimum atomic E-state index is -1.91. The van der Waals surface area contributed by atoms with Gasteiger partial charge in [0, 0.05) is 6.54 Å². The van der Waals surface area contributed by atoms with Crippen LogP contribution in [-0.4, -0.2) is 122 Å². The van der Waals surface area contributed by atoms with Gasteiger partial charge in [0.15, 0.2) is 6.10 Å². The van der Waals surface area contributed by atoms with Crippen LogP contribution in [0.1, 0.15) is 69.3 Å². The molecule has 1 aromatic carbocycles. The molecule has 15 nitrogen and oxygen atoms in total. The maximum atomic E-state index is 13.1. The number of hydrogen-bond acceptors (Lipinski definition) is 13. The third-order valence-corrected chi connectivity index (χ3v) is 7.64. The first-order valence-corrected chi connectivity index (χ1v) is 16.6. The number of ether oxygens (including phenoxy) is 5. The van der Waals surface area contributed by atoms with E-state index in [9.17, 15) is 34.8 Å². The Labute approximate surface area is 293 Å². The van der Waals surface area contributed by atoms with Gasteiger partial charge in [-0.1, -0.05) is 34.5 Å². The van der Waals surface area contributed by atoms with Gasteiger partial charge in [-0.3, -0.25) is 9.59 Å². The Hall–Kier alpha value is -3.80. The number of nitrogens with zero attached hydrogens (tertiary/aromatic N) is 1. The van der Waals surface area contributed by atoms with Crippen molar-refractivity contribution in [2.75, 3.05) is 39.6 Å². The fourth-order valence-electron chi connectivity index (χ4n) is 4.53. The Kier molecular flexibility index (Phi) is 19.3. The van der Waals surface area contributed by atoms with E-state index in [4.69, 9.17) is 28.5 Å². The van der Waals surface area contributed by atoms with Gasteiger partial charge in [-0.05, 0) is 71.1 Å². The molecule has 5 N–H and O–H groups in total. The molecule has 278 valence electrons. The summed E-state index contributed by atoms with van der Waals surface area (Å²) in [6, 6.07) is 4.21. The molecule has 0 aromatic heterocycles. The fourth-order valence-corrected chi connectivity index (χ4v) is 4.53. The number of allylic oxidation sites excluding steroid dienone is 4. The van der Waals surface area contributed by atoms with Gasteiger partial charge in [0.2, 0.25) is 20.0 Å². The molecule has 1 aromatic rings. The summed E-state index contributed by atoms with van der Waals surface area (Å²) in [6.07, 6.45) is -0.974. The van der Waals surface area contributed by atoms with Crippen molar-refractivity contribution in [1.82, 2.24) is 5.32 Å². The van der Waals surface area contributed by atoms with E-state index in [1.54, 1.807) is 0 Å². The monoisotopic (exact) mass is 706 g/mol. The Balaban J connectivity index is 1.76. The van der Waals surface area contributed by atoms with Gasteiger partial charge < -0.3 is 54.3 Å². The lowest BCUT2D eigenvalue weighted by molar-refractivity contribution is -0.271. The zero-order valence-electron chi connectivity index (χ0n) is 29.5. The molecule has 1 aliphatic rings. The van der Waals surface area contributed by atoms with E-state index in [0.717, 1.165) is 31.4 Å². The Morgan fingerprint density at radius 1 is 0.940 bits per heavy atom. The van der Waals surface area contributed by atoms with Crippen LogP contribution in [0.3, 0.4) is 0 Å². The van der Waals surface area contributed by atoms with E-state index in [-0.39, 0.29) is 37.7 Å². The fraction of sp³-hybridized carbons (Fsp3) is 0.588. The standard InChI is InChI=1S/C34H51BN2O13/c1-5-21(2)7-6-8-22(3)9-10-23(4)37-48-18-17-46-16-15-45-14-13-36-31(41)25-19-24(20-47-34(35)44)11-12-26(25)49-33-29(40)27(38)28(39)30(50-33)32(42)43/h5,8,11-12,19,27-30,33,38-40H,6-7,9-10,13-18,20,35H2,1-4H3,(H,36,41)(H,42,43)/b21-5+,22-8+,37-23+/t27-,28-,29+,30-,33+/m0/s1. The van der Waals surface area contributed by atoms with Gasteiger partial charge >= 0.3 is 5.97 Å². The van der Waals surface area contributed by atoms with Crippen molar-refractivity contribution in [3.05, 3.63) is 52.6 Å². The molecule has 50 heavy (non-hydrogen) atoms. The van der Waals surface area contributed by atoms with Crippen LogP contribution in [0.4, 0.5) is 4.79 Å². The van der Waals surface area contributed by atoms with Crippen molar-refractivity contribution in [2.24, 2.45) is 5.16 Å². The third kappa shape index (κ3) is 15.4. The van der Waals surface area contributed by atoms with E-state index >= 15 is 0 Å². The van der Waals surface area contributed by atoms with Crippen molar-refractivity contribution >= 4 is 31.3 Å². The predicted molar refractivity (Wildman–Crippen MR) is 185 cm³/mol.